The van der Waals surface area contributed by atoms with Gasteiger partial charge in [-0.2, -0.15) is 13.2 Å². The Bertz CT molecular complexity index is 581. The molecule has 0 unspecified atom stereocenters. The third kappa shape index (κ3) is 2.99. The Balaban J connectivity index is 2.28. The van der Waals surface area contributed by atoms with Crippen molar-refractivity contribution in [1.82, 2.24) is 10.2 Å². The molecule has 1 aromatic carbocycles. The molecule has 0 bridgehead atoms. The van der Waals surface area contributed by atoms with Crippen molar-refractivity contribution in [3.05, 3.63) is 35.5 Å². The van der Waals surface area contributed by atoms with Crippen molar-refractivity contribution in [2.75, 3.05) is 5.32 Å². The second-order valence-corrected chi connectivity index (χ2v) is 3.52. The first kappa shape index (κ1) is 13.3. The minimum atomic E-state index is -4.57. The lowest BCUT2D eigenvalue weighted by atomic mass is 10.2. The SMILES string of the molecule is NCc1nnc(Nc2cc(C(F)(F)F)ccc2F)o1. The third-order valence-electron chi connectivity index (χ3n) is 2.18. The maximum absolute atomic E-state index is 13.4. The second kappa shape index (κ2) is 4.84. The lowest BCUT2D eigenvalue weighted by Crippen LogP contribution is -2.06. The summed E-state index contributed by atoms with van der Waals surface area (Å²) in [5.41, 5.74) is 3.82. The van der Waals surface area contributed by atoms with Crippen LogP contribution in [0.1, 0.15) is 11.5 Å². The van der Waals surface area contributed by atoms with Gasteiger partial charge in [-0.15, -0.1) is 5.10 Å². The number of hydrogen-bond acceptors (Lipinski definition) is 5. The highest BCUT2D eigenvalue weighted by Gasteiger charge is 2.31. The van der Waals surface area contributed by atoms with Crippen LogP contribution in [-0.4, -0.2) is 10.2 Å². The number of halogens is 4. The van der Waals surface area contributed by atoms with Crippen LogP contribution < -0.4 is 11.1 Å². The van der Waals surface area contributed by atoms with E-state index in [-0.39, 0.29) is 18.5 Å². The van der Waals surface area contributed by atoms with E-state index >= 15 is 0 Å². The highest BCUT2D eigenvalue weighted by atomic mass is 19.4. The largest absolute Gasteiger partial charge is 0.416 e. The van der Waals surface area contributed by atoms with Gasteiger partial charge in [0.1, 0.15) is 5.82 Å². The molecule has 0 spiro atoms. The summed E-state index contributed by atoms with van der Waals surface area (Å²) in [6.45, 7) is -0.0280. The summed E-state index contributed by atoms with van der Waals surface area (Å²) in [7, 11) is 0. The van der Waals surface area contributed by atoms with Crippen molar-refractivity contribution in [2.45, 2.75) is 12.7 Å². The van der Waals surface area contributed by atoms with Gasteiger partial charge in [-0.3, -0.25) is 0 Å². The average molecular weight is 276 g/mol. The summed E-state index contributed by atoms with van der Waals surface area (Å²) in [6, 6.07) is 1.71. The number of anilines is 2. The van der Waals surface area contributed by atoms with Crippen molar-refractivity contribution in [3.63, 3.8) is 0 Å². The molecule has 0 saturated heterocycles. The molecule has 0 radical (unpaired) electrons. The third-order valence-corrected chi connectivity index (χ3v) is 2.18. The topological polar surface area (TPSA) is 77.0 Å². The maximum Gasteiger partial charge on any atom is 0.416 e. The Labute approximate surface area is 104 Å². The van der Waals surface area contributed by atoms with Gasteiger partial charge >= 0.3 is 12.2 Å². The molecule has 0 amide bonds. The molecule has 0 aliphatic heterocycles. The van der Waals surface area contributed by atoms with E-state index in [4.69, 9.17) is 10.2 Å². The van der Waals surface area contributed by atoms with Crippen molar-refractivity contribution in [1.29, 1.82) is 0 Å². The molecule has 2 rings (SSSR count). The highest BCUT2D eigenvalue weighted by Crippen LogP contribution is 2.32. The molecule has 9 heteroatoms. The Morgan fingerprint density at radius 2 is 2.00 bits per heavy atom. The minimum absolute atomic E-state index is 0.0280. The average Bonchev–Trinajstić information content (AvgIpc) is 2.78. The number of nitrogens with two attached hydrogens (primary N) is 1. The molecule has 0 fully saturated rings. The number of alkyl halides is 3. The van der Waals surface area contributed by atoms with Gasteiger partial charge < -0.3 is 15.5 Å². The van der Waals surface area contributed by atoms with Gasteiger partial charge in [0.05, 0.1) is 17.8 Å². The number of nitrogens with zero attached hydrogens (tertiary/aromatic N) is 2. The van der Waals surface area contributed by atoms with Crippen LogP contribution in [0.2, 0.25) is 0 Å². The minimum Gasteiger partial charge on any atom is -0.406 e. The fourth-order valence-electron chi connectivity index (χ4n) is 1.30. The molecule has 0 atom stereocenters. The fourth-order valence-corrected chi connectivity index (χ4v) is 1.30. The highest BCUT2D eigenvalue weighted by molar-refractivity contribution is 5.54. The summed E-state index contributed by atoms with van der Waals surface area (Å²) in [5.74, 6) is -0.796. The van der Waals surface area contributed by atoms with Crippen LogP contribution in [0.3, 0.4) is 0 Å². The van der Waals surface area contributed by atoms with Gasteiger partial charge in [0.15, 0.2) is 0 Å². The smallest absolute Gasteiger partial charge is 0.406 e. The second-order valence-electron chi connectivity index (χ2n) is 3.52. The molecular weight excluding hydrogens is 268 g/mol. The zero-order valence-electron chi connectivity index (χ0n) is 9.33. The molecular formula is C10H8F4N4O. The van der Waals surface area contributed by atoms with Crippen molar-refractivity contribution in [3.8, 4) is 0 Å². The van der Waals surface area contributed by atoms with E-state index in [2.05, 4.69) is 15.5 Å². The van der Waals surface area contributed by atoms with E-state index in [1.807, 2.05) is 0 Å². The van der Waals surface area contributed by atoms with Gasteiger partial charge in [0.2, 0.25) is 5.89 Å². The molecule has 5 nitrogen and oxygen atoms in total. The summed E-state index contributed by atoms with van der Waals surface area (Å²) in [4.78, 5) is 0. The molecule has 0 aliphatic carbocycles. The number of aromatic nitrogens is 2. The van der Waals surface area contributed by atoms with Crippen LogP contribution >= 0.6 is 0 Å². The predicted molar refractivity (Wildman–Crippen MR) is 56.9 cm³/mol. The number of nitrogens with one attached hydrogen (secondary N) is 1. The normalized spacial score (nSPS) is 11.6. The lowest BCUT2D eigenvalue weighted by molar-refractivity contribution is -0.137. The first-order valence-corrected chi connectivity index (χ1v) is 5.06. The Hall–Kier alpha value is -2.16. The van der Waals surface area contributed by atoms with Gasteiger partial charge in [-0.1, -0.05) is 5.10 Å². The van der Waals surface area contributed by atoms with Crippen LogP contribution in [0.15, 0.2) is 22.6 Å². The van der Waals surface area contributed by atoms with E-state index < -0.39 is 23.2 Å². The lowest BCUT2D eigenvalue weighted by Gasteiger charge is -2.09. The van der Waals surface area contributed by atoms with E-state index in [9.17, 15) is 17.6 Å². The quantitative estimate of drug-likeness (QED) is 0.842. The molecule has 0 aliphatic rings. The Morgan fingerprint density at radius 3 is 2.58 bits per heavy atom. The Kier molecular flexibility index (Phi) is 3.38. The number of rotatable bonds is 3. The van der Waals surface area contributed by atoms with Crippen molar-refractivity contribution in [2.24, 2.45) is 5.73 Å². The maximum atomic E-state index is 13.4. The van der Waals surface area contributed by atoms with Gasteiger partial charge in [0, 0.05) is 0 Å². The van der Waals surface area contributed by atoms with Crippen LogP contribution in [0.25, 0.3) is 0 Å². The zero-order valence-corrected chi connectivity index (χ0v) is 9.33. The van der Waals surface area contributed by atoms with Crippen LogP contribution in [0.5, 0.6) is 0 Å². The molecule has 1 aromatic heterocycles. The van der Waals surface area contributed by atoms with E-state index in [0.29, 0.717) is 18.2 Å². The van der Waals surface area contributed by atoms with E-state index in [0.717, 1.165) is 0 Å². The predicted octanol–water partition coefficient (Wildman–Crippen LogP) is 2.43. The Morgan fingerprint density at radius 1 is 1.26 bits per heavy atom. The summed E-state index contributed by atoms with van der Waals surface area (Å²) >= 11 is 0. The number of hydrogen-bond donors (Lipinski definition) is 2. The first-order valence-electron chi connectivity index (χ1n) is 5.06. The molecule has 102 valence electrons. The van der Waals surface area contributed by atoms with Gasteiger partial charge in [0.25, 0.3) is 0 Å². The molecule has 1 heterocycles. The van der Waals surface area contributed by atoms with Gasteiger partial charge in [-0.25, -0.2) is 4.39 Å². The molecule has 0 saturated carbocycles. The van der Waals surface area contributed by atoms with Crippen LogP contribution in [-0.2, 0) is 12.7 Å². The summed E-state index contributed by atoms with van der Waals surface area (Å²) in [5, 5.41) is 9.21. The molecule has 19 heavy (non-hydrogen) atoms. The standard InChI is InChI=1S/C10H8F4N4O/c11-6-2-1-5(10(12,13)14)3-7(6)16-9-18-17-8(4-15)19-9/h1-3H,4,15H2,(H,16,18). The number of benzene rings is 1. The summed E-state index contributed by atoms with van der Waals surface area (Å²) < 4.78 is 55.7. The monoisotopic (exact) mass is 276 g/mol. The van der Waals surface area contributed by atoms with E-state index in [1.165, 1.54) is 0 Å². The fraction of sp³-hybridized carbons (Fsp3) is 0.200. The molecule has 2 aromatic rings. The summed E-state index contributed by atoms with van der Waals surface area (Å²) in [6.07, 6.45) is -4.57. The van der Waals surface area contributed by atoms with E-state index in [1.54, 1.807) is 0 Å². The van der Waals surface area contributed by atoms with Gasteiger partial charge in [-0.05, 0) is 18.2 Å². The first-order chi connectivity index (χ1) is 8.90. The van der Waals surface area contributed by atoms with Crippen molar-refractivity contribution < 1.29 is 22.0 Å². The van der Waals surface area contributed by atoms with Crippen LogP contribution in [0.4, 0.5) is 29.3 Å². The van der Waals surface area contributed by atoms with Crippen molar-refractivity contribution >= 4 is 11.7 Å². The van der Waals surface area contributed by atoms with Crippen LogP contribution in [0, 0.1) is 5.82 Å². The molecule has 3 N–H and O–H groups in total. The zero-order chi connectivity index (χ0) is 14.0.